The molecule has 0 aromatic carbocycles. The molecule has 1 aromatic rings. The minimum absolute atomic E-state index is 0.0756. The van der Waals surface area contributed by atoms with Crippen molar-refractivity contribution in [1.29, 1.82) is 0 Å². The van der Waals surface area contributed by atoms with Crippen LogP contribution >= 0.6 is 0 Å². The summed E-state index contributed by atoms with van der Waals surface area (Å²) in [5.41, 5.74) is 1.18. The zero-order valence-electron chi connectivity index (χ0n) is 7.84. The van der Waals surface area contributed by atoms with Gasteiger partial charge < -0.3 is 15.3 Å². The summed E-state index contributed by atoms with van der Waals surface area (Å²) in [5, 5.41) is 24.6. The maximum atomic E-state index is 9.00. The van der Waals surface area contributed by atoms with E-state index < -0.39 is 5.97 Å². The van der Waals surface area contributed by atoms with Gasteiger partial charge in [-0.15, -0.1) is 0 Å². The van der Waals surface area contributed by atoms with E-state index in [4.69, 9.17) is 20.1 Å². The summed E-state index contributed by atoms with van der Waals surface area (Å²) in [6, 6.07) is 5.17. The molecule has 0 saturated carbocycles. The average molecular weight is 199 g/mol. The van der Waals surface area contributed by atoms with Crippen LogP contribution in [0.25, 0.3) is 0 Å². The third kappa shape index (κ3) is 6.10. The Morgan fingerprint density at radius 2 is 1.64 bits per heavy atom. The van der Waals surface area contributed by atoms with E-state index >= 15 is 0 Å². The Bertz CT molecular complexity index is 265. The topological polar surface area (TPSA) is 90.7 Å². The molecule has 3 N–H and O–H groups in total. The van der Waals surface area contributed by atoms with Crippen LogP contribution in [0.5, 0.6) is 0 Å². The lowest BCUT2D eigenvalue weighted by Gasteiger charge is -1.96. The predicted molar refractivity (Wildman–Crippen MR) is 49.4 cm³/mol. The zero-order chi connectivity index (χ0) is 11.0. The van der Waals surface area contributed by atoms with Gasteiger partial charge in [-0.1, -0.05) is 6.07 Å². The summed E-state index contributed by atoms with van der Waals surface area (Å²) < 4.78 is 0. The highest BCUT2D eigenvalue weighted by molar-refractivity contribution is 5.62. The molecule has 0 aliphatic carbocycles. The summed E-state index contributed by atoms with van der Waals surface area (Å²) in [5.74, 6) is -0.833. The molecule has 0 aliphatic rings. The third-order valence-corrected chi connectivity index (χ3v) is 1.19. The molecular weight excluding hydrogens is 186 g/mol. The molecule has 0 atom stereocenters. The largest absolute Gasteiger partial charge is 0.481 e. The summed E-state index contributed by atoms with van der Waals surface area (Å²) in [7, 11) is 0. The van der Waals surface area contributed by atoms with Gasteiger partial charge in [0.1, 0.15) is 0 Å². The molecule has 0 amide bonds. The van der Waals surface area contributed by atoms with E-state index in [0.717, 1.165) is 6.92 Å². The molecule has 0 fully saturated rings. The van der Waals surface area contributed by atoms with Crippen LogP contribution in [0.15, 0.2) is 18.2 Å². The first-order chi connectivity index (χ1) is 6.60. The third-order valence-electron chi connectivity index (χ3n) is 1.19. The highest BCUT2D eigenvalue weighted by atomic mass is 16.4. The molecule has 78 valence electrons. The lowest BCUT2D eigenvalue weighted by atomic mass is 10.3. The van der Waals surface area contributed by atoms with E-state index in [0.29, 0.717) is 11.4 Å². The van der Waals surface area contributed by atoms with Gasteiger partial charge in [-0.05, 0) is 12.1 Å². The molecule has 14 heavy (non-hydrogen) atoms. The Kier molecular flexibility index (Phi) is 6.26. The Morgan fingerprint density at radius 3 is 1.93 bits per heavy atom. The molecule has 0 saturated heterocycles. The molecule has 1 rings (SSSR count). The van der Waals surface area contributed by atoms with Gasteiger partial charge >= 0.3 is 0 Å². The van der Waals surface area contributed by atoms with Crippen LogP contribution in [0.1, 0.15) is 18.3 Å². The van der Waals surface area contributed by atoms with Gasteiger partial charge in [0.05, 0.1) is 24.6 Å². The fourth-order valence-corrected chi connectivity index (χ4v) is 0.705. The summed E-state index contributed by atoms with van der Waals surface area (Å²) >= 11 is 0. The van der Waals surface area contributed by atoms with Crippen molar-refractivity contribution in [2.24, 2.45) is 0 Å². The number of nitrogens with zero attached hydrogens (tertiary/aromatic N) is 1. The number of aliphatic hydroxyl groups is 2. The molecule has 0 bridgehead atoms. The van der Waals surface area contributed by atoms with Gasteiger partial charge in [0.2, 0.25) is 0 Å². The molecule has 5 nitrogen and oxygen atoms in total. The average Bonchev–Trinajstić information content (AvgIpc) is 2.17. The van der Waals surface area contributed by atoms with E-state index in [1.54, 1.807) is 18.2 Å². The number of hydrogen-bond donors (Lipinski definition) is 3. The molecule has 5 heteroatoms. The van der Waals surface area contributed by atoms with Crippen LogP contribution < -0.4 is 0 Å². The van der Waals surface area contributed by atoms with Crippen molar-refractivity contribution in [3.05, 3.63) is 29.6 Å². The van der Waals surface area contributed by atoms with Crippen LogP contribution in [0, 0.1) is 0 Å². The lowest BCUT2D eigenvalue weighted by Crippen LogP contribution is -1.93. The van der Waals surface area contributed by atoms with Crippen molar-refractivity contribution in [1.82, 2.24) is 4.98 Å². The first-order valence-corrected chi connectivity index (χ1v) is 3.96. The number of aliphatic carboxylic acids is 1. The fraction of sp³-hybridized carbons (Fsp3) is 0.333. The minimum Gasteiger partial charge on any atom is -0.481 e. The number of hydrogen-bond acceptors (Lipinski definition) is 4. The molecule has 0 spiro atoms. The second kappa shape index (κ2) is 6.99. The van der Waals surface area contributed by atoms with E-state index in [1.165, 1.54) is 0 Å². The van der Waals surface area contributed by atoms with Gasteiger partial charge in [-0.25, -0.2) is 0 Å². The SMILES string of the molecule is CC(=O)O.OCc1cccc(CO)n1. The molecule has 1 heterocycles. The van der Waals surface area contributed by atoms with Gasteiger partial charge in [0.15, 0.2) is 0 Å². The Balaban J connectivity index is 0.000000364. The molecule has 0 unspecified atom stereocenters. The predicted octanol–water partition coefficient (Wildman–Crippen LogP) is 0.157. The number of carbonyl (C=O) groups is 1. The van der Waals surface area contributed by atoms with Crippen LogP contribution in [0.4, 0.5) is 0 Å². The second-order valence-corrected chi connectivity index (χ2v) is 2.46. The number of carboxylic acid groups (broad SMARTS) is 1. The van der Waals surface area contributed by atoms with E-state index in [2.05, 4.69) is 4.98 Å². The van der Waals surface area contributed by atoms with Crippen molar-refractivity contribution in [2.75, 3.05) is 0 Å². The first kappa shape index (κ1) is 12.5. The summed E-state index contributed by atoms with van der Waals surface area (Å²) in [4.78, 5) is 12.9. The summed E-state index contributed by atoms with van der Waals surface area (Å²) in [6.45, 7) is 0.932. The van der Waals surface area contributed by atoms with Crippen molar-refractivity contribution in [3.63, 3.8) is 0 Å². The first-order valence-electron chi connectivity index (χ1n) is 3.96. The smallest absolute Gasteiger partial charge is 0.300 e. The molecule has 1 aromatic heterocycles. The monoisotopic (exact) mass is 199 g/mol. The van der Waals surface area contributed by atoms with E-state index in [9.17, 15) is 0 Å². The summed E-state index contributed by atoms with van der Waals surface area (Å²) in [6.07, 6.45) is 0. The number of aromatic nitrogens is 1. The van der Waals surface area contributed by atoms with Crippen molar-refractivity contribution < 1.29 is 20.1 Å². The minimum atomic E-state index is -0.833. The van der Waals surface area contributed by atoms with Gasteiger partial charge in [-0.2, -0.15) is 0 Å². The lowest BCUT2D eigenvalue weighted by molar-refractivity contribution is -0.134. The maximum absolute atomic E-state index is 9.00. The number of carboxylic acids is 1. The number of pyridine rings is 1. The van der Waals surface area contributed by atoms with E-state index in [-0.39, 0.29) is 13.2 Å². The van der Waals surface area contributed by atoms with Crippen LogP contribution in [-0.4, -0.2) is 26.3 Å². The molecular formula is C9H13NO4. The van der Waals surface area contributed by atoms with Crippen molar-refractivity contribution in [2.45, 2.75) is 20.1 Å². The van der Waals surface area contributed by atoms with Crippen molar-refractivity contribution in [3.8, 4) is 0 Å². The maximum Gasteiger partial charge on any atom is 0.300 e. The Hall–Kier alpha value is -1.46. The van der Waals surface area contributed by atoms with Crippen LogP contribution in [-0.2, 0) is 18.0 Å². The Labute approximate surface area is 81.7 Å². The highest BCUT2D eigenvalue weighted by Crippen LogP contribution is 1.98. The standard InChI is InChI=1S/C7H9NO2.C2H4O2/c9-4-6-2-1-3-7(5-10)8-6;1-2(3)4/h1-3,9-10H,4-5H2;1H3,(H,3,4). The molecule has 0 radical (unpaired) electrons. The zero-order valence-corrected chi connectivity index (χ0v) is 7.84. The highest BCUT2D eigenvalue weighted by Gasteiger charge is 1.92. The van der Waals surface area contributed by atoms with Gasteiger partial charge in [0.25, 0.3) is 5.97 Å². The van der Waals surface area contributed by atoms with Crippen LogP contribution in [0.2, 0.25) is 0 Å². The quantitative estimate of drug-likeness (QED) is 0.631. The van der Waals surface area contributed by atoms with Crippen LogP contribution in [0.3, 0.4) is 0 Å². The number of rotatable bonds is 2. The normalized spacial score (nSPS) is 8.79. The van der Waals surface area contributed by atoms with Gasteiger partial charge in [-0.3, -0.25) is 9.78 Å². The fourth-order valence-electron chi connectivity index (χ4n) is 0.705. The molecule has 0 aliphatic heterocycles. The second-order valence-electron chi connectivity index (χ2n) is 2.46. The van der Waals surface area contributed by atoms with Gasteiger partial charge in [0, 0.05) is 6.92 Å². The van der Waals surface area contributed by atoms with E-state index in [1.807, 2.05) is 0 Å². The van der Waals surface area contributed by atoms with Crippen molar-refractivity contribution >= 4 is 5.97 Å². The number of aliphatic hydroxyl groups excluding tert-OH is 2. The Morgan fingerprint density at radius 1 is 1.29 bits per heavy atom.